The van der Waals surface area contributed by atoms with E-state index in [4.69, 9.17) is 0 Å². The molecule has 4 N–H and O–H groups in total. The number of hydrogen-bond acceptors (Lipinski definition) is 5. The molecule has 1 heterocycles. The van der Waals surface area contributed by atoms with Crippen LogP contribution in [0.25, 0.3) is 0 Å². The van der Waals surface area contributed by atoms with Crippen molar-refractivity contribution >= 4 is 24.6 Å². The van der Waals surface area contributed by atoms with Crippen molar-refractivity contribution in [3.63, 3.8) is 0 Å². The van der Waals surface area contributed by atoms with Gasteiger partial charge in [-0.2, -0.15) is 0 Å². The van der Waals surface area contributed by atoms with Crippen LogP contribution in [0.5, 0.6) is 0 Å². The molecule has 0 aromatic heterocycles. The van der Waals surface area contributed by atoms with Crippen LogP contribution in [0, 0.1) is 19.8 Å². The van der Waals surface area contributed by atoms with Gasteiger partial charge in [0, 0.05) is 12.2 Å². The predicted octanol–water partition coefficient (Wildman–Crippen LogP) is 0.541. The first-order chi connectivity index (χ1) is 12.7. The first-order valence-electron chi connectivity index (χ1n) is 9.46. The fourth-order valence-corrected chi connectivity index (χ4v) is 3.28. The van der Waals surface area contributed by atoms with Gasteiger partial charge in [-0.25, -0.2) is 0 Å². The zero-order valence-electron chi connectivity index (χ0n) is 16.5. The predicted molar refractivity (Wildman–Crippen MR) is 106 cm³/mol. The highest BCUT2D eigenvalue weighted by molar-refractivity contribution is 6.43. The number of hydrogen-bond donors (Lipinski definition) is 4. The van der Waals surface area contributed by atoms with Crippen molar-refractivity contribution in [2.75, 3.05) is 18.0 Å². The highest BCUT2D eigenvalue weighted by Crippen LogP contribution is 2.30. The summed E-state index contributed by atoms with van der Waals surface area (Å²) in [6.45, 7) is 8.53. The Balaban J connectivity index is 1.88. The van der Waals surface area contributed by atoms with Crippen molar-refractivity contribution in [1.29, 1.82) is 0 Å². The summed E-state index contributed by atoms with van der Waals surface area (Å²) in [5, 5.41) is 24.0. The molecule has 2 atom stereocenters. The van der Waals surface area contributed by atoms with Crippen molar-refractivity contribution in [1.82, 2.24) is 10.6 Å². The molecule has 8 heteroatoms. The Morgan fingerprint density at radius 2 is 2.00 bits per heavy atom. The molecule has 148 valence electrons. The average Bonchev–Trinajstić information content (AvgIpc) is 2.54. The molecule has 27 heavy (non-hydrogen) atoms. The Bertz CT molecular complexity index is 681. The summed E-state index contributed by atoms with van der Waals surface area (Å²) in [4.78, 5) is 26.6. The van der Waals surface area contributed by atoms with Crippen molar-refractivity contribution in [3.05, 3.63) is 29.3 Å². The Hall–Kier alpha value is -2.06. The van der Waals surface area contributed by atoms with E-state index in [0.29, 0.717) is 6.42 Å². The summed E-state index contributed by atoms with van der Waals surface area (Å²) < 4.78 is 0. The SMILES string of the molecule is Cc1ccc(C)c(N2CC[C@H]2C(=O)NCC(=O)NC(CC(C)C)B(O)O)c1. The van der Waals surface area contributed by atoms with Gasteiger partial charge in [-0.3, -0.25) is 9.59 Å². The molecule has 7 nitrogen and oxygen atoms in total. The second kappa shape index (κ2) is 9.24. The molecule has 1 aromatic carbocycles. The molecule has 0 bridgehead atoms. The third-order valence-corrected chi connectivity index (χ3v) is 4.85. The lowest BCUT2D eigenvalue weighted by Gasteiger charge is -2.42. The molecule has 0 radical (unpaired) electrons. The van der Waals surface area contributed by atoms with Gasteiger partial charge in [0.1, 0.15) is 6.04 Å². The summed E-state index contributed by atoms with van der Waals surface area (Å²) >= 11 is 0. The smallest absolute Gasteiger partial charge is 0.426 e. The summed E-state index contributed by atoms with van der Waals surface area (Å²) in [7, 11) is -1.63. The third kappa shape index (κ3) is 5.71. The molecule has 0 spiro atoms. The number of carbonyl (C=O) groups excluding carboxylic acids is 2. The monoisotopic (exact) mass is 375 g/mol. The van der Waals surface area contributed by atoms with Gasteiger partial charge >= 0.3 is 7.12 Å². The summed E-state index contributed by atoms with van der Waals surface area (Å²) in [6.07, 6.45) is 1.19. The van der Waals surface area contributed by atoms with E-state index in [-0.39, 0.29) is 24.4 Å². The van der Waals surface area contributed by atoms with E-state index in [1.165, 1.54) is 0 Å². The number of anilines is 1. The van der Waals surface area contributed by atoms with Crippen LogP contribution in [0.15, 0.2) is 18.2 Å². The van der Waals surface area contributed by atoms with E-state index in [1.807, 2.05) is 39.8 Å². The van der Waals surface area contributed by atoms with Crippen LogP contribution in [0.3, 0.4) is 0 Å². The number of rotatable bonds is 8. The molecule has 1 saturated heterocycles. The lowest BCUT2D eigenvalue weighted by atomic mass is 9.75. The topological polar surface area (TPSA) is 102 Å². The summed E-state index contributed by atoms with van der Waals surface area (Å²) in [6, 6.07) is 5.87. The minimum atomic E-state index is -1.63. The van der Waals surface area contributed by atoms with Crippen molar-refractivity contribution in [2.24, 2.45) is 5.92 Å². The number of nitrogens with zero attached hydrogens (tertiary/aromatic N) is 1. The van der Waals surface area contributed by atoms with Crippen LogP contribution in [-0.2, 0) is 9.59 Å². The number of aryl methyl sites for hydroxylation is 2. The molecular weight excluding hydrogens is 345 g/mol. The van der Waals surface area contributed by atoms with Gasteiger partial charge < -0.3 is 25.6 Å². The molecule has 1 unspecified atom stereocenters. The van der Waals surface area contributed by atoms with E-state index in [9.17, 15) is 19.6 Å². The summed E-state index contributed by atoms with van der Waals surface area (Å²) in [5.74, 6) is -1.17. The van der Waals surface area contributed by atoms with Crippen molar-refractivity contribution in [2.45, 2.75) is 52.5 Å². The number of amides is 2. The van der Waals surface area contributed by atoms with Gasteiger partial charge in [0.2, 0.25) is 11.8 Å². The zero-order chi connectivity index (χ0) is 20.1. The van der Waals surface area contributed by atoms with E-state index in [2.05, 4.69) is 21.6 Å². The molecule has 1 fully saturated rings. The van der Waals surface area contributed by atoms with Crippen molar-refractivity contribution < 1.29 is 19.6 Å². The van der Waals surface area contributed by atoms with E-state index in [1.54, 1.807) is 0 Å². The Morgan fingerprint density at radius 1 is 1.30 bits per heavy atom. The maximum Gasteiger partial charge on any atom is 0.475 e. The lowest BCUT2D eigenvalue weighted by Crippen LogP contribution is -2.58. The van der Waals surface area contributed by atoms with Crippen LogP contribution in [0.1, 0.15) is 37.8 Å². The Labute approximate surface area is 161 Å². The minimum absolute atomic E-state index is 0.183. The molecule has 0 aliphatic carbocycles. The quantitative estimate of drug-likeness (QED) is 0.497. The number of carbonyl (C=O) groups is 2. The molecule has 0 saturated carbocycles. The van der Waals surface area contributed by atoms with Crippen LogP contribution >= 0.6 is 0 Å². The largest absolute Gasteiger partial charge is 0.475 e. The maximum atomic E-state index is 12.5. The first kappa shape index (κ1) is 21.2. The van der Waals surface area contributed by atoms with Crippen LogP contribution in [0.2, 0.25) is 0 Å². The zero-order valence-corrected chi connectivity index (χ0v) is 16.5. The highest BCUT2D eigenvalue weighted by Gasteiger charge is 2.35. The van der Waals surface area contributed by atoms with Gasteiger partial charge in [-0.05, 0) is 49.8 Å². The molecule has 2 rings (SSSR count). The fourth-order valence-electron chi connectivity index (χ4n) is 3.28. The second-order valence-corrected chi connectivity index (χ2v) is 7.72. The standard InChI is InChI=1S/C19H30BN3O4/c1-12(2)9-17(20(26)27)22-18(24)11-21-19(25)15-7-8-23(15)16-10-13(3)5-6-14(16)4/h5-6,10,12,15,17,26-27H,7-9,11H2,1-4H3,(H,21,25)(H,22,24)/t15-,17?/m0/s1. The van der Waals surface area contributed by atoms with Gasteiger partial charge in [0.05, 0.1) is 12.5 Å². The molecule has 1 aromatic rings. The molecular formula is C19H30BN3O4. The normalized spacial score (nSPS) is 17.3. The Kier molecular flexibility index (Phi) is 7.27. The van der Waals surface area contributed by atoms with Crippen LogP contribution in [-0.4, -0.2) is 54.1 Å². The third-order valence-electron chi connectivity index (χ3n) is 4.85. The van der Waals surface area contributed by atoms with Crippen LogP contribution < -0.4 is 15.5 Å². The lowest BCUT2D eigenvalue weighted by molar-refractivity contribution is -0.127. The van der Waals surface area contributed by atoms with E-state index in [0.717, 1.165) is 29.8 Å². The number of nitrogens with one attached hydrogen (secondary N) is 2. The highest BCUT2D eigenvalue weighted by atomic mass is 16.4. The van der Waals surface area contributed by atoms with E-state index >= 15 is 0 Å². The molecule has 2 amide bonds. The second-order valence-electron chi connectivity index (χ2n) is 7.72. The van der Waals surface area contributed by atoms with Crippen LogP contribution in [0.4, 0.5) is 5.69 Å². The minimum Gasteiger partial charge on any atom is -0.426 e. The van der Waals surface area contributed by atoms with Gasteiger partial charge in [0.15, 0.2) is 0 Å². The summed E-state index contributed by atoms with van der Waals surface area (Å²) in [5.41, 5.74) is 3.30. The maximum absolute atomic E-state index is 12.5. The Morgan fingerprint density at radius 3 is 2.56 bits per heavy atom. The van der Waals surface area contributed by atoms with E-state index < -0.39 is 19.0 Å². The van der Waals surface area contributed by atoms with Gasteiger partial charge in [-0.15, -0.1) is 0 Å². The number of benzene rings is 1. The molecule has 1 aliphatic heterocycles. The first-order valence-corrected chi connectivity index (χ1v) is 9.46. The average molecular weight is 375 g/mol. The van der Waals surface area contributed by atoms with Gasteiger partial charge in [0.25, 0.3) is 0 Å². The van der Waals surface area contributed by atoms with Gasteiger partial charge in [-0.1, -0.05) is 26.0 Å². The van der Waals surface area contributed by atoms with Crippen molar-refractivity contribution in [3.8, 4) is 0 Å². The fraction of sp³-hybridized carbons (Fsp3) is 0.579. The molecule has 1 aliphatic rings.